The fourth-order valence-corrected chi connectivity index (χ4v) is 5.57. The number of hydrogen-bond acceptors (Lipinski definition) is 5. The Labute approximate surface area is 180 Å². The van der Waals surface area contributed by atoms with E-state index in [1.165, 1.54) is 0 Å². The molecule has 2 aliphatic heterocycles. The van der Waals surface area contributed by atoms with Gasteiger partial charge in [0.15, 0.2) is 5.69 Å². The van der Waals surface area contributed by atoms with Gasteiger partial charge in [0.05, 0.1) is 11.8 Å². The molecule has 0 saturated carbocycles. The smallest absolute Gasteiger partial charge is 0.274 e. The minimum atomic E-state index is -0.366. The molecule has 0 aliphatic carbocycles. The zero-order valence-corrected chi connectivity index (χ0v) is 17.9. The lowest BCUT2D eigenvalue weighted by Gasteiger charge is -2.34. The number of nitrogens with zero attached hydrogens (tertiary/aromatic N) is 4. The number of amides is 1. The van der Waals surface area contributed by atoms with Gasteiger partial charge in [0.1, 0.15) is 5.65 Å². The second-order valence-electron chi connectivity index (χ2n) is 8.41. The van der Waals surface area contributed by atoms with Crippen LogP contribution in [0.25, 0.3) is 5.65 Å². The maximum atomic E-state index is 13.2. The number of pyridine rings is 1. The van der Waals surface area contributed by atoms with Gasteiger partial charge in [-0.2, -0.15) is 0 Å². The fourth-order valence-electron chi connectivity index (χ4n) is 4.77. The average Bonchev–Trinajstić information content (AvgIpc) is 3.54. The highest BCUT2D eigenvalue weighted by atomic mass is 32.1. The van der Waals surface area contributed by atoms with Crippen molar-refractivity contribution in [3.05, 3.63) is 58.2 Å². The quantitative estimate of drug-likeness (QED) is 0.680. The Morgan fingerprint density at radius 1 is 1.13 bits per heavy atom. The van der Waals surface area contributed by atoms with E-state index in [4.69, 9.17) is 4.98 Å². The highest BCUT2D eigenvalue weighted by Gasteiger charge is 2.30. The molecule has 3 aromatic heterocycles. The van der Waals surface area contributed by atoms with Crippen molar-refractivity contribution >= 4 is 22.9 Å². The lowest BCUT2D eigenvalue weighted by Crippen LogP contribution is -2.36. The molecule has 158 valence electrons. The summed E-state index contributed by atoms with van der Waals surface area (Å²) in [7, 11) is 0. The minimum Gasteiger partial charge on any atom is -0.387 e. The van der Waals surface area contributed by atoms with Gasteiger partial charge in [0.25, 0.3) is 5.91 Å². The maximum Gasteiger partial charge on any atom is 0.274 e. The van der Waals surface area contributed by atoms with Crippen molar-refractivity contribution in [2.75, 3.05) is 26.2 Å². The van der Waals surface area contributed by atoms with Gasteiger partial charge in [-0.25, -0.2) is 4.98 Å². The molecule has 1 atom stereocenters. The molecule has 1 N–H and O–H groups in total. The van der Waals surface area contributed by atoms with Gasteiger partial charge in [-0.1, -0.05) is 12.1 Å². The van der Waals surface area contributed by atoms with Crippen molar-refractivity contribution in [2.24, 2.45) is 5.92 Å². The van der Waals surface area contributed by atoms with Crippen molar-refractivity contribution in [1.82, 2.24) is 19.2 Å². The van der Waals surface area contributed by atoms with Crippen LogP contribution < -0.4 is 0 Å². The molecule has 7 heteroatoms. The van der Waals surface area contributed by atoms with Crippen molar-refractivity contribution in [3.63, 3.8) is 0 Å². The van der Waals surface area contributed by atoms with E-state index in [2.05, 4.69) is 9.30 Å². The lowest BCUT2D eigenvalue weighted by molar-refractivity contribution is 0.0584. The van der Waals surface area contributed by atoms with Gasteiger partial charge in [0.2, 0.25) is 0 Å². The van der Waals surface area contributed by atoms with Crippen LogP contribution >= 0.6 is 11.3 Å². The Kier molecular flexibility index (Phi) is 5.58. The predicted molar refractivity (Wildman–Crippen MR) is 118 cm³/mol. The van der Waals surface area contributed by atoms with Crippen molar-refractivity contribution < 1.29 is 9.90 Å². The van der Waals surface area contributed by atoms with Crippen LogP contribution in [0.15, 0.2) is 41.9 Å². The van der Waals surface area contributed by atoms with Crippen molar-refractivity contribution in [1.29, 1.82) is 0 Å². The topological polar surface area (TPSA) is 61.1 Å². The van der Waals surface area contributed by atoms with Crippen LogP contribution in [0.1, 0.15) is 52.8 Å². The molecule has 0 aromatic carbocycles. The third-order valence-electron chi connectivity index (χ3n) is 6.51. The SMILES string of the molecule is O=C(c1nc2ccccn2c1CN1CCC([C@H](O)c2cccs2)CC1)N1CCCC1. The van der Waals surface area contributed by atoms with Crippen LogP contribution in [-0.2, 0) is 6.54 Å². The Balaban J connectivity index is 1.33. The van der Waals surface area contributed by atoms with E-state index in [1.807, 2.05) is 46.8 Å². The second-order valence-corrected chi connectivity index (χ2v) is 9.39. The number of rotatable bonds is 5. The third kappa shape index (κ3) is 3.77. The molecule has 2 fully saturated rings. The van der Waals surface area contributed by atoms with E-state index in [0.717, 1.165) is 68.1 Å². The Hall–Kier alpha value is -2.22. The van der Waals surface area contributed by atoms with Gasteiger partial charge >= 0.3 is 0 Å². The molecule has 30 heavy (non-hydrogen) atoms. The summed E-state index contributed by atoms with van der Waals surface area (Å²) in [6.07, 6.45) is 5.72. The Morgan fingerprint density at radius 3 is 2.67 bits per heavy atom. The molecule has 0 radical (unpaired) electrons. The van der Waals surface area contributed by atoms with Gasteiger partial charge in [-0.05, 0) is 68.3 Å². The van der Waals surface area contributed by atoms with Crippen molar-refractivity contribution in [3.8, 4) is 0 Å². The summed E-state index contributed by atoms with van der Waals surface area (Å²) in [4.78, 5) is 23.3. The first kappa shape index (κ1) is 19.7. The largest absolute Gasteiger partial charge is 0.387 e. The van der Waals surface area contributed by atoms with Gasteiger partial charge < -0.3 is 14.4 Å². The number of piperidine rings is 1. The summed E-state index contributed by atoms with van der Waals surface area (Å²) >= 11 is 1.63. The monoisotopic (exact) mass is 424 g/mol. The first-order chi connectivity index (χ1) is 14.7. The molecule has 6 nitrogen and oxygen atoms in total. The highest BCUT2D eigenvalue weighted by Crippen LogP contribution is 2.33. The van der Waals surface area contributed by atoms with E-state index in [1.54, 1.807) is 11.3 Å². The van der Waals surface area contributed by atoms with E-state index in [-0.39, 0.29) is 12.0 Å². The van der Waals surface area contributed by atoms with Crippen LogP contribution in [-0.4, -0.2) is 56.4 Å². The normalized spacial score (nSPS) is 19.6. The second kappa shape index (κ2) is 8.49. The minimum absolute atomic E-state index is 0.0641. The van der Waals surface area contributed by atoms with Gasteiger partial charge in [0, 0.05) is 30.7 Å². The maximum absolute atomic E-state index is 13.2. The van der Waals surface area contributed by atoms with Crippen LogP contribution in [0.4, 0.5) is 0 Å². The zero-order chi connectivity index (χ0) is 20.5. The molecular formula is C23H28N4O2S. The molecule has 2 saturated heterocycles. The summed E-state index contributed by atoms with van der Waals surface area (Å²) in [6, 6.07) is 9.95. The number of imidazole rings is 1. The fraction of sp³-hybridized carbons (Fsp3) is 0.478. The number of fused-ring (bicyclic) bond motifs is 1. The third-order valence-corrected chi connectivity index (χ3v) is 7.45. The predicted octanol–water partition coefficient (Wildman–Crippen LogP) is 3.58. The summed E-state index contributed by atoms with van der Waals surface area (Å²) in [6.45, 7) is 4.22. The number of carbonyl (C=O) groups excluding carboxylic acids is 1. The molecule has 5 heterocycles. The van der Waals surface area contributed by atoms with Crippen LogP contribution in [0.3, 0.4) is 0 Å². The van der Waals surface area contributed by atoms with Crippen LogP contribution in [0.5, 0.6) is 0 Å². The van der Waals surface area contributed by atoms with E-state index in [0.29, 0.717) is 18.2 Å². The molecular weight excluding hydrogens is 396 g/mol. The number of aromatic nitrogens is 2. The molecule has 1 amide bonds. The van der Waals surface area contributed by atoms with Crippen LogP contribution in [0.2, 0.25) is 0 Å². The van der Waals surface area contributed by atoms with Gasteiger partial charge in [-0.3, -0.25) is 9.69 Å². The number of thiophene rings is 1. The summed E-state index contributed by atoms with van der Waals surface area (Å²) in [5.74, 6) is 0.363. The van der Waals surface area contributed by atoms with Crippen molar-refractivity contribution in [2.45, 2.75) is 38.3 Å². The number of carbonyl (C=O) groups is 1. The number of aliphatic hydroxyl groups is 1. The number of likely N-dealkylation sites (tertiary alicyclic amines) is 2. The Bertz CT molecular complexity index is 1000. The lowest BCUT2D eigenvalue weighted by atomic mass is 9.90. The van der Waals surface area contributed by atoms with Crippen LogP contribution in [0, 0.1) is 5.92 Å². The first-order valence-corrected chi connectivity index (χ1v) is 11.8. The molecule has 2 aliphatic rings. The molecule has 3 aromatic rings. The van der Waals surface area contributed by atoms with E-state index < -0.39 is 0 Å². The summed E-state index contributed by atoms with van der Waals surface area (Å²) < 4.78 is 2.07. The number of hydrogen-bond donors (Lipinski definition) is 1. The standard InChI is InChI=1S/C23H28N4O2S/c28-22(19-6-5-15-30-19)17-8-13-25(14-9-17)16-18-21(23(29)26-10-3-4-11-26)24-20-7-1-2-12-27(18)20/h1-2,5-7,12,15,17,22,28H,3-4,8-11,13-14,16H2/t22-/m0/s1. The molecule has 5 rings (SSSR count). The average molecular weight is 425 g/mol. The highest BCUT2D eigenvalue weighted by molar-refractivity contribution is 7.10. The summed E-state index contributed by atoms with van der Waals surface area (Å²) in [5, 5.41) is 12.7. The summed E-state index contributed by atoms with van der Waals surface area (Å²) in [5.41, 5.74) is 2.42. The van der Waals surface area contributed by atoms with E-state index >= 15 is 0 Å². The van der Waals surface area contributed by atoms with Gasteiger partial charge in [-0.15, -0.1) is 11.3 Å². The zero-order valence-electron chi connectivity index (χ0n) is 17.1. The van der Waals surface area contributed by atoms with E-state index in [9.17, 15) is 9.90 Å². The first-order valence-electron chi connectivity index (χ1n) is 10.9. The number of aliphatic hydroxyl groups excluding tert-OH is 1. The molecule has 0 unspecified atom stereocenters. The Morgan fingerprint density at radius 2 is 1.93 bits per heavy atom. The molecule has 0 spiro atoms. The molecule has 0 bridgehead atoms.